The lowest BCUT2D eigenvalue weighted by atomic mass is 10.1. The molecule has 16 heteroatoms. The predicted molar refractivity (Wildman–Crippen MR) is 166 cm³/mol. The predicted octanol–water partition coefficient (Wildman–Crippen LogP) is 0.760. The van der Waals surface area contributed by atoms with Crippen molar-refractivity contribution < 1.29 is 33.7 Å². The second-order valence-corrected chi connectivity index (χ2v) is 9.99. The molecule has 244 valence electrons. The van der Waals surface area contributed by atoms with Crippen molar-refractivity contribution >= 4 is 46.4 Å². The van der Waals surface area contributed by atoms with Crippen LogP contribution in [-0.2, 0) is 30.3 Å². The van der Waals surface area contributed by atoms with Gasteiger partial charge in [-0.15, -0.1) is 0 Å². The molecule has 0 unspecified atom stereocenters. The summed E-state index contributed by atoms with van der Waals surface area (Å²) in [6.07, 6.45) is 2.38. The van der Waals surface area contributed by atoms with Gasteiger partial charge in [0.1, 0.15) is 6.04 Å². The molecule has 0 bridgehead atoms. The van der Waals surface area contributed by atoms with Gasteiger partial charge in [-0.05, 0) is 37.1 Å². The van der Waals surface area contributed by atoms with Crippen LogP contribution in [0.1, 0.15) is 42.2 Å². The molecule has 1 aromatic carbocycles. The molecule has 0 saturated carbocycles. The topological polar surface area (TPSA) is 230 Å². The van der Waals surface area contributed by atoms with E-state index in [4.69, 9.17) is 25.7 Å². The fourth-order valence-electron chi connectivity index (χ4n) is 4.07. The zero-order valence-electron chi connectivity index (χ0n) is 25.5. The molecular formula is C29H41N9O7. The zero-order chi connectivity index (χ0) is 32.6. The van der Waals surface area contributed by atoms with Crippen LogP contribution < -0.4 is 27.0 Å². The summed E-state index contributed by atoms with van der Waals surface area (Å²) >= 11 is 0. The molecule has 0 spiro atoms. The molecule has 16 nitrogen and oxygen atoms in total. The summed E-state index contributed by atoms with van der Waals surface area (Å²) in [5.74, 6) is -1.99. The van der Waals surface area contributed by atoms with E-state index < -0.39 is 17.9 Å². The van der Waals surface area contributed by atoms with Crippen molar-refractivity contribution in [3.05, 3.63) is 41.7 Å². The third-order valence-corrected chi connectivity index (χ3v) is 6.40. The molecule has 2 aromatic heterocycles. The Kier molecular flexibility index (Phi) is 14.1. The first-order valence-electron chi connectivity index (χ1n) is 14.6. The average molecular weight is 628 g/mol. The zero-order valence-corrected chi connectivity index (χ0v) is 25.5. The number of carboxylic acid groups (broad SMARTS) is 1. The third kappa shape index (κ3) is 11.7. The number of nitrogen functional groups attached to an aromatic ring is 2. The van der Waals surface area contributed by atoms with E-state index in [0.717, 1.165) is 12.1 Å². The van der Waals surface area contributed by atoms with Gasteiger partial charge in [0, 0.05) is 37.9 Å². The number of aliphatic carboxylic acids is 1. The standard InChI is InChI=1S/C29H41N9O7/c1-3-11-43-13-15-45-16-14-44-12-10-32-23(39)9-8-22(28(41)42)35-27(40)19-4-6-21(7-5-19)38(2)18-20-17-33-26-24(34-20)25(30)36-29(31)37-26/h4-7,17,22H,3,8-16,18H2,1-2H3,(H,32,39)(H,35,40)(H,41,42)(H4,30,31,33,36,37)/t22-/m1/s1. The highest BCUT2D eigenvalue weighted by Gasteiger charge is 2.22. The number of benzene rings is 1. The van der Waals surface area contributed by atoms with Gasteiger partial charge < -0.3 is 46.3 Å². The Morgan fingerprint density at radius 2 is 1.62 bits per heavy atom. The molecule has 3 rings (SSSR count). The van der Waals surface area contributed by atoms with Gasteiger partial charge in [0.15, 0.2) is 17.0 Å². The van der Waals surface area contributed by atoms with Gasteiger partial charge >= 0.3 is 5.97 Å². The monoisotopic (exact) mass is 627 g/mol. The highest BCUT2D eigenvalue weighted by Crippen LogP contribution is 2.19. The van der Waals surface area contributed by atoms with E-state index in [1.807, 2.05) is 18.9 Å². The van der Waals surface area contributed by atoms with Crippen LogP contribution in [0.25, 0.3) is 11.2 Å². The van der Waals surface area contributed by atoms with Crippen molar-refractivity contribution in [2.75, 3.05) is 69.6 Å². The van der Waals surface area contributed by atoms with Gasteiger partial charge in [-0.1, -0.05) is 6.92 Å². The number of fused-ring (bicyclic) bond motifs is 1. The number of rotatable bonds is 20. The number of nitrogens with zero attached hydrogens (tertiary/aromatic N) is 5. The largest absolute Gasteiger partial charge is 0.480 e. The van der Waals surface area contributed by atoms with Crippen LogP contribution in [0, 0.1) is 0 Å². The van der Waals surface area contributed by atoms with Crippen LogP contribution in [0.5, 0.6) is 0 Å². The first-order chi connectivity index (χ1) is 21.7. The smallest absolute Gasteiger partial charge is 0.326 e. The Labute approximate surface area is 260 Å². The van der Waals surface area contributed by atoms with Crippen molar-refractivity contribution in [3.8, 4) is 0 Å². The first-order valence-corrected chi connectivity index (χ1v) is 14.6. The minimum atomic E-state index is -1.24. The summed E-state index contributed by atoms with van der Waals surface area (Å²) in [6, 6.07) is 5.37. The van der Waals surface area contributed by atoms with E-state index in [1.54, 1.807) is 30.5 Å². The number of anilines is 3. The third-order valence-electron chi connectivity index (χ3n) is 6.40. The van der Waals surface area contributed by atoms with Crippen molar-refractivity contribution in [2.24, 2.45) is 0 Å². The molecule has 2 heterocycles. The van der Waals surface area contributed by atoms with Crippen molar-refractivity contribution in [1.82, 2.24) is 30.6 Å². The number of carbonyl (C=O) groups excluding carboxylic acids is 2. The first kappa shape index (κ1) is 34.8. The van der Waals surface area contributed by atoms with E-state index in [0.29, 0.717) is 63.0 Å². The summed E-state index contributed by atoms with van der Waals surface area (Å²) < 4.78 is 16.1. The Bertz CT molecular complexity index is 1410. The summed E-state index contributed by atoms with van der Waals surface area (Å²) in [7, 11) is 1.84. The number of hydrogen-bond acceptors (Lipinski definition) is 13. The quantitative estimate of drug-likeness (QED) is 0.109. The molecule has 0 fully saturated rings. The van der Waals surface area contributed by atoms with Crippen LogP contribution in [0.2, 0.25) is 0 Å². The molecule has 0 saturated heterocycles. The average Bonchev–Trinajstić information content (AvgIpc) is 3.02. The van der Waals surface area contributed by atoms with Crippen LogP contribution in [0.15, 0.2) is 30.5 Å². The maximum atomic E-state index is 12.8. The van der Waals surface area contributed by atoms with Gasteiger partial charge in [-0.25, -0.2) is 14.8 Å². The van der Waals surface area contributed by atoms with Crippen molar-refractivity contribution in [1.29, 1.82) is 0 Å². The fourth-order valence-corrected chi connectivity index (χ4v) is 4.07. The van der Waals surface area contributed by atoms with Crippen LogP contribution in [0.3, 0.4) is 0 Å². The second kappa shape index (κ2) is 18.2. The highest BCUT2D eigenvalue weighted by molar-refractivity contribution is 5.97. The number of aromatic nitrogens is 4. The van der Waals surface area contributed by atoms with Crippen LogP contribution in [-0.4, -0.2) is 102 Å². The van der Waals surface area contributed by atoms with Gasteiger partial charge in [0.05, 0.1) is 51.5 Å². The SMILES string of the molecule is CCCOCCOCCOCCNC(=O)CC[C@@H](NC(=O)c1ccc(N(C)Cc2cnc3nc(N)nc(N)c3n2)cc1)C(=O)O. The molecule has 0 radical (unpaired) electrons. The minimum Gasteiger partial charge on any atom is -0.480 e. The molecule has 45 heavy (non-hydrogen) atoms. The molecular weight excluding hydrogens is 586 g/mol. The normalized spacial score (nSPS) is 11.7. The van der Waals surface area contributed by atoms with E-state index in [2.05, 4.69) is 30.6 Å². The highest BCUT2D eigenvalue weighted by atomic mass is 16.5. The minimum absolute atomic E-state index is 0.0163. The molecule has 0 aliphatic rings. The molecule has 2 amide bonds. The van der Waals surface area contributed by atoms with E-state index in [9.17, 15) is 19.5 Å². The summed E-state index contributed by atoms with van der Waals surface area (Å²) in [5.41, 5.74) is 13.8. The van der Waals surface area contributed by atoms with Gasteiger partial charge in [-0.2, -0.15) is 9.97 Å². The second-order valence-electron chi connectivity index (χ2n) is 9.99. The molecule has 1 atom stereocenters. The van der Waals surface area contributed by atoms with Crippen LogP contribution in [0.4, 0.5) is 17.5 Å². The number of carboxylic acids is 1. The van der Waals surface area contributed by atoms with Gasteiger partial charge in [-0.3, -0.25) is 9.59 Å². The molecule has 3 aromatic rings. The Hall–Kier alpha value is -4.67. The Morgan fingerprint density at radius 3 is 2.29 bits per heavy atom. The van der Waals surface area contributed by atoms with Crippen molar-refractivity contribution in [2.45, 2.75) is 38.8 Å². The number of amides is 2. The molecule has 0 aliphatic heterocycles. The van der Waals surface area contributed by atoms with E-state index in [-0.39, 0.29) is 42.6 Å². The summed E-state index contributed by atoms with van der Waals surface area (Å²) in [4.78, 5) is 55.2. The molecule has 0 aliphatic carbocycles. The number of nitrogens with two attached hydrogens (primary N) is 2. The van der Waals surface area contributed by atoms with Gasteiger partial charge in [0.2, 0.25) is 11.9 Å². The number of nitrogens with one attached hydrogen (secondary N) is 2. The Morgan fingerprint density at radius 1 is 0.956 bits per heavy atom. The van der Waals surface area contributed by atoms with E-state index in [1.165, 1.54) is 0 Å². The lowest BCUT2D eigenvalue weighted by Crippen LogP contribution is -2.41. The lowest BCUT2D eigenvalue weighted by molar-refractivity contribution is -0.139. The van der Waals surface area contributed by atoms with Crippen LogP contribution >= 0.6 is 0 Å². The van der Waals surface area contributed by atoms with Crippen molar-refractivity contribution in [3.63, 3.8) is 0 Å². The summed E-state index contributed by atoms with van der Waals surface area (Å²) in [5, 5.41) is 14.7. The number of ether oxygens (including phenoxy) is 3. The maximum absolute atomic E-state index is 12.8. The molecule has 7 N–H and O–H groups in total. The lowest BCUT2D eigenvalue weighted by Gasteiger charge is -2.19. The maximum Gasteiger partial charge on any atom is 0.326 e. The number of hydrogen-bond donors (Lipinski definition) is 5. The van der Waals surface area contributed by atoms with Gasteiger partial charge in [0.25, 0.3) is 5.91 Å². The summed E-state index contributed by atoms with van der Waals surface area (Å²) in [6.45, 7) is 5.53. The number of carbonyl (C=O) groups is 3. The van der Waals surface area contributed by atoms with E-state index >= 15 is 0 Å². The Balaban J connectivity index is 1.39. The fraction of sp³-hybridized carbons (Fsp3) is 0.483.